The number of halogens is 2. The number of hydrogen-bond donors (Lipinski definition) is 3. The van der Waals surface area contributed by atoms with Gasteiger partial charge in [0.2, 0.25) is 5.91 Å². The van der Waals surface area contributed by atoms with Gasteiger partial charge in [-0.05, 0) is 37.6 Å². The minimum absolute atomic E-state index is 0.0304. The minimum Gasteiger partial charge on any atom is -0.449 e. The van der Waals surface area contributed by atoms with E-state index in [1.165, 1.54) is 32.4 Å². The molecule has 5 rings (SSSR count). The molecule has 1 saturated heterocycles. The molecule has 0 radical (unpaired) electrons. The summed E-state index contributed by atoms with van der Waals surface area (Å²) in [5.41, 5.74) is 4.83. The number of nitrogens with zero attached hydrogens (tertiary/aromatic N) is 3. The third-order valence-electron chi connectivity index (χ3n) is 6.00. The van der Waals surface area contributed by atoms with Gasteiger partial charge >= 0.3 is 0 Å². The average Bonchev–Trinajstić information content (AvgIpc) is 3.53. The molecule has 4 N–H and O–H groups in total. The topological polar surface area (TPSA) is 143 Å². The lowest BCUT2D eigenvalue weighted by atomic mass is 9.92. The summed E-state index contributed by atoms with van der Waals surface area (Å²) in [7, 11) is 0. The molecule has 190 valence electrons. The Morgan fingerprint density at radius 2 is 2.05 bits per heavy atom. The van der Waals surface area contributed by atoms with Crippen molar-refractivity contribution >= 4 is 39.7 Å². The summed E-state index contributed by atoms with van der Waals surface area (Å²) in [6.07, 6.45) is 5.13. The summed E-state index contributed by atoms with van der Waals surface area (Å²) in [6, 6.07) is 3.36. The van der Waals surface area contributed by atoms with Gasteiger partial charge in [-0.15, -0.1) is 11.3 Å². The van der Waals surface area contributed by atoms with E-state index in [1.807, 2.05) is 0 Å². The third-order valence-corrected chi connectivity index (χ3v) is 7.04. The molecule has 1 atom stereocenters. The lowest BCUT2D eigenvalue weighted by molar-refractivity contribution is -0.124. The summed E-state index contributed by atoms with van der Waals surface area (Å²) in [4.78, 5) is 37.6. The van der Waals surface area contributed by atoms with Gasteiger partial charge in [0.05, 0.1) is 40.3 Å². The average molecular weight is 526 g/mol. The molecule has 9 nitrogen and oxygen atoms in total. The highest BCUT2D eigenvalue weighted by atomic mass is 32.1. The Bertz CT molecular complexity index is 1490. The lowest BCUT2D eigenvalue weighted by Crippen LogP contribution is -2.40. The Hall–Kier alpha value is -4.03. The number of benzene rings is 1. The number of piperidine rings is 1. The van der Waals surface area contributed by atoms with Crippen molar-refractivity contribution in [3.63, 3.8) is 0 Å². The molecule has 2 aromatic heterocycles. The lowest BCUT2D eigenvalue weighted by Gasteiger charge is -2.22. The fourth-order valence-corrected chi connectivity index (χ4v) is 5.18. The SMILES string of the molecule is CC(C)(O)c1cc(F)c(-c2cc(C(N)=O)c(N=C3C=C4NC(=O)C(Cc5ncco5)CC4=N3)s2)c(F)c1. The quantitative estimate of drug-likeness (QED) is 0.449. The Balaban J connectivity index is 1.47. The first-order chi connectivity index (χ1) is 17.5. The zero-order valence-electron chi connectivity index (χ0n) is 19.7. The second-order valence-electron chi connectivity index (χ2n) is 9.17. The summed E-state index contributed by atoms with van der Waals surface area (Å²) < 4.78 is 35.0. The molecular weight excluding hydrogens is 504 g/mol. The number of nitrogens with two attached hydrogens (primary N) is 1. The fourth-order valence-electron chi connectivity index (χ4n) is 4.08. The molecule has 2 aliphatic heterocycles. The second kappa shape index (κ2) is 9.12. The van der Waals surface area contributed by atoms with Gasteiger partial charge in [0.15, 0.2) is 11.7 Å². The van der Waals surface area contributed by atoms with Crippen LogP contribution in [0.5, 0.6) is 0 Å². The molecule has 2 aliphatic rings. The Labute approximate surface area is 213 Å². The highest BCUT2D eigenvalue weighted by Crippen LogP contribution is 2.41. The monoisotopic (exact) mass is 525 g/mol. The molecule has 1 aromatic carbocycles. The predicted octanol–water partition coefficient (Wildman–Crippen LogP) is 3.75. The zero-order chi connectivity index (χ0) is 26.5. The van der Waals surface area contributed by atoms with Crippen LogP contribution in [0.3, 0.4) is 0 Å². The van der Waals surface area contributed by atoms with E-state index >= 15 is 0 Å². The van der Waals surface area contributed by atoms with Crippen molar-refractivity contribution in [2.75, 3.05) is 0 Å². The number of aromatic nitrogens is 1. The number of rotatable bonds is 6. The maximum atomic E-state index is 14.9. The summed E-state index contributed by atoms with van der Waals surface area (Å²) in [5, 5.41) is 13.0. The zero-order valence-corrected chi connectivity index (χ0v) is 20.5. The van der Waals surface area contributed by atoms with Crippen LogP contribution in [0.15, 0.2) is 56.8 Å². The van der Waals surface area contributed by atoms with Gasteiger partial charge in [0.25, 0.3) is 5.91 Å². The highest BCUT2D eigenvalue weighted by Gasteiger charge is 2.33. The van der Waals surface area contributed by atoms with Gasteiger partial charge < -0.3 is 20.6 Å². The number of primary amides is 1. The first-order valence-electron chi connectivity index (χ1n) is 11.2. The van der Waals surface area contributed by atoms with Crippen molar-refractivity contribution in [3.8, 4) is 10.4 Å². The Morgan fingerprint density at radius 1 is 1.32 bits per heavy atom. The van der Waals surface area contributed by atoms with E-state index in [1.54, 1.807) is 6.08 Å². The summed E-state index contributed by atoms with van der Waals surface area (Å²) >= 11 is 0.869. The normalized spacial score (nSPS) is 18.5. The van der Waals surface area contributed by atoms with E-state index in [4.69, 9.17) is 10.2 Å². The molecule has 1 unspecified atom stereocenters. The Kier molecular flexibility index (Phi) is 6.08. The number of amides is 2. The number of allylic oxidation sites excluding steroid dienone is 1. The van der Waals surface area contributed by atoms with Gasteiger partial charge in [-0.2, -0.15) is 0 Å². The maximum absolute atomic E-state index is 14.9. The number of hydrogen-bond acceptors (Lipinski definition) is 7. The number of carbonyl (C=O) groups is 2. The molecule has 12 heteroatoms. The van der Waals surface area contributed by atoms with E-state index in [0.29, 0.717) is 30.1 Å². The molecule has 2 amide bonds. The van der Waals surface area contributed by atoms with Crippen LogP contribution in [0.25, 0.3) is 10.4 Å². The van der Waals surface area contributed by atoms with Crippen molar-refractivity contribution < 1.29 is 27.9 Å². The van der Waals surface area contributed by atoms with Crippen LogP contribution >= 0.6 is 11.3 Å². The molecule has 0 bridgehead atoms. The van der Waals surface area contributed by atoms with Crippen LogP contribution in [0.4, 0.5) is 13.8 Å². The minimum atomic E-state index is -1.44. The van der Waals surface area contributed by atoms with Crippen LogP contribution in [0.1, 0.15) is 42.1 Å². The summed E-state index contributed by atoms with van der Waals surface area (Å²) in [5.74, 6) is -2.62. The number of oxazole rings is 1. The molecule has 0 spiro atoms. The third kappa shape index (κ3) is 4.85. The molecule has 3 aromatic rings. The maximum Gasteiger partial charge on any atom is 0.251 e. The van der Waals surface area contributed by atoms with Crippen LogP contribution in [-0.4, -0.2) is 33.5 Å². The number of fused-ring (bicyclic) bond motifs is 1. The molecule has 37 heavy (non-hydrogen) atoms. The van der Waals surface area contributed by atoms with Gasteiger partial charge in [0.1, 0.15) is 22.9 Å². The molecule has 1 fully saturated rings. The Morgan fingerprint density at radius 3 is 2.68 bits per heavy atom. The number of nitrogens with one attached hydrogen (secondary N) is 1. The number of carbonyl (C=O) groups excluding carboxylic acids is 2. The number of thiophene rings is 1. The van der Waals surface area contributed by atoms with Crippen LogP contribution in [0, 0.1) is 17.6 Å². The van der Waals surface area contributed by atoms with Crippen molar-refractivity contribution in [1.82, 2.24) is 10.3 Å². The smallest absolute Gasteiger partial charge is 0.251 e. The number of aliphatic imine (C=N–C) groups is 2. The molecular formula is C25H21F2N5O4S. The first-order valence-corrected chi connectivity index (χ1v) is 12.0. The first kappa shape index (κ1) is 24.7. The van der Waals surface area contributed by atoms with Crippen molar-refractivity contribution in [1.29, 1.82) is 0 Å². The van der Waals surface area contributed by atoms with Gasteiger partial charge in [-0.3, -0.25) is 9.59 Å². The molecule has 4 heterocycles. The molecule has 0 saturated carbocycles. The van der Waals surface area contributed by atoms with Crippen molar-refractivity contribution in [3.05, 3.63) is 71.1 Å². The largest absolute Gasteiger partial charge is 0.449 e. The van der Waals surface area contributed by atoms with Gasteiger partial charge in [0, 0.05) is 23.8 Å². The number of aliphatic hydroxyl groups is 1. The fraction of sp³-hybridized carbons (Fsp3) is 0.240. The van der Waals surface area contributed by atoms with E-state index in [0.717, 1.165) is 23.5 Å². The van der Waals surface area contributed by atoms with Crippen molar-refractivity contribution in [2.45, 2.75) is 32.3 Å². The summed E-state index contributed by atoms with van der Waals surface area (Å²) in [6.45, 7) is 2.83. The highest BCUT2D eigenvalue weighted by molar-refractivity contribution is 7.19. The second-order valence-corrected chi connectivity index (χ2v) is 10.2. The van der Waals surface area contributed by atoms with Gasteiger partial charge in [-0.1, -0.05) is 0 Å². The van der Waals surface area contributed by atoms with Crippen molar-refractivity contribution in [2.24, 2.45) is 21.6 Å². The standard InChI is InChI=1S/C25H21F2N5O4S/c1-25(2,35)12-7-14(26)21(15(27)8-12)18-9-13(22(28)33)24(37-18)32-19-10-17-16(30-19)5-11(23(34)31-17)6-20-29-3-4-36-20/h3-4,7-11,35H,5-6H2,1-2H3,(H2,28,33)(H,31,34). The van der Waals surface area contributed by atoms with E-state index < -0.39 is 29.1 Å². The molecule has 0 aliphatic carbocycles. The van der Waals surface area contributed by atoms with E-state index in [-0.39, 0.29) is 38.3 Å². The predicted molar refractivity (Wildman–Crippen MR) is 133 cm³/mol. The van der Waals surface area contributed by atoms with Crippen LogP contribution in [0.2, 0.25) is 0 Å². The van der Waals surface area contributed by atoms with E-state index in [9.17, 15) is 23.5 Å². The number of amidine groups is 1. The van der Waals surface area contributed by atoms with Gasteiger partial charge in [-0.25, -0.2) is 23.7 Å². The van der Waals surface area contributed by atoms with E-state index in [2.05, 4.69) is 20.3 Å². The van der Waals surface area contributed by atoms with Crippen LogP contribution in [-0.2, 0) is 16.8 Å². The van der Waals surface area contributed by atoms with Crippen LogP contribution < -0.4 is 11.1 Å².